The number of rotatable bonds is 4. The molecule has 1 saturated carbocycles. The maximum atomic E-state index is 12.6. The van der Waals surface area contributed by atoms with Crippen molar-refractivity contribution >= 4 is 5.78 Å². The third-order valence-electron chi connectivity index (χ3n) is 4.51. The van der Waals surface area contributed by atoms with Crippen molar-refractivity contribution in [1.82, 2.24) is 15.1 Å². The Morgan fingerprint density at radius 2 is 2.33 bits per heavy atom. The fraction of sp³-hybridized carbons (Fsp3) is 0.714. The molecule has 4 nitrogen and oxygen atoms in total. The van der Waals surface area contributed by atoms with Crippen molar-refractivity contribution in [1.29, 1.82) is 0 Å². The highest BCUT2D eigenvalue weighted by Crippen LogP contribution is 2.59. The van der Waals surface area contributed by atoms with E-state index < -0.39 is 0 Å². The molecule has 3 rings (SSSR count). The van der Waals surface area contributed by atoms with E-state index in [1.807, 2.05) is 10.7 Å². The van der Waals surface area contributed by atoms with E-state index in [0.717, 1.165) is 51.0 Å². The number of carbonyl (C=O) groups is 1. The topological polar surface area (TPSA) is 46.9 Å². The fourth-order valence-electron chi connectivity index (χ4n) is 3.31. The Labute approximate surface area is 108 Å². The first-order valence-corrected chi connectivity index (χ1v) is 7.03. The van der Waals surface area contributed by atoms with Crippen molar-refractivity contribution < 1.29 is 4.79 Å². The van der Waals surface area contributed by atoms with Crippen LogP contribution in [0.1, 0.15) is 43.1 Å². The molecule has 98 valence electrons. The molecule has 1 unspecified atom stereocenters. The predicted molar refractivity (Wildman–Crippen MR) is 69.5 cm³/mol. The summed E-state index contributed by atoms with van der Waals surface area (Å²) in [5.74, 6) is 0.578. The van der Waals surface area contributed by atoms with Crippen LogP contribution in [0.5, 0.6) is 0 Å². The first kappa shape index (κ1) is 11.9. The van der Waals surface area contributed by atoms with Crippen molar-refractivity contribution in [3.63, 3.8) is 0 Å². The van der Waals surface area contributed by atoms with E-state index in [2.05, 4.69) is 17.3 Å². The number of hydrogen-bond donors (Lipinski definition) is 1. The van der Waals surface area contributed by atoms with E-state index in [-0.39, 0.29) is 5.92 Å². The average molecular weight is 247 g/mol. The summed E-state index contributed by atoms with van der Waals surface area (Å²) in [5.41, 5.74) is 1.14. The first-order chi connectivity index (χ1) is 8.77. The molecule has 2 heterocycles. The average Bonchev–Trinajstić information content (AvgIpc) is 2.87. The van der Waals surface area contributed by atoms with Gasteiger partial charge in [-0.3, -0.25) is 9.48 Å². The molecule has 0 bridgehead atoms. The first-order valence-electron chi connectivity index (χ1n) is 7.03. The third-order valence-corrected chi connectivity index (χ3v) is 4.51. The van der Waals surface area contributed by atoms with E-state index in [4.69, 9.17) is 0 Å². The van der Waals surface area contributed by atoms with Gasteiger partial charge in [0.1, 0.15) is 5.69 Å². The zero-order valence-corrected chi connectivity index (χ0v) is 11.0. The van der Waals surface area contributed by atoms with Crippen LogP contribution in [0.2, 0.25) is 0 Å². The molecular weight excluding hydrogens is 226 g/mol. The Balaban J connectivity index is 1.74. The molecule has 1 N–H and O–H groups in total. The van der Waals surface area contributed by atoms with E-state index in [9.17, 15) is 4.79 Å². The molecule has 1 aromatic rings. The number of ketones is 1. The molecule has 1 saturated heterocycles. The maximum Gasteiger partial charge on any atom is 0.184 e. The lowest BCUT2D eigenvalue weighted by molar-refractivity contribution is 0.0929. The summed E-state index contributed by atoms with van der Waals surface area (Å²) < 4.78 is 1.87. The van der Waals surface area contributed by atoms with Crippen LogP contribution < -0.4 is 5.32 Å². The minimum Gasteiger partial charge on any atom is -0.317 e. The summed E-state index contributed by atoms with van der Waals surface area (Å²) >= 11 is 0. The Morgan fingerprint density at radius 3 is 3.06 bits per heavy atom. The van der Waals surface area contributed by atoms with Crippen molar-refractivity contribution in [3.05, 3.63) is 18.0 Å². The summed E-state index contributed by atoms with van der Waals surface area (Å²) in [5, 5.41) is 7.63. The van der Waals surface area contributed by atoms with Crippen LogP contribution in [0.15, 0.2) is 12.3 Å². The van der Waals surface area contributed by atoms with E-state index >= 15 is 0 Å². The van der Waals surface area contributed by atoms with Crippen LogP contribution in [0, 0.1) is 11.3 Å². The highest BCUT2D eigenvalue weighted by atomic mass is 16.1. The van der Waals surface area contributed by atoms with Crippen LogP contribution in [0.3, 0.4) is 0 Å². The lowest BCUT2D eigenvalue weighted by atomic mass is 9.90. The van der Waals surface area contributed by atoms with Gasteiger partial charge in [0.25, 0.3) is 0 Å². The smallest absolute Gasteiger partial charge is 0.184 e. The largest absolute Gasteiger partial charge is 0.317 e. The van der Waals surface area contributed by atoms with Gasteiger partial charge in [0.2, 0.25) is 0 Å². The molecule has 1 aromatic heterocycles. The van der Waals surface area contributed by atoms with Crippen LogP contribution in [0.25, 0.3) is 0 Å². The summed E-state index contributed by atoms with van der Waals surface area (Å²) in [6, 6.07) is 1.88. The normalized spacial score (nSPS) is 25.3. The van der Waals surface area contributed by atoms with E-state index in [0.29, 0.717) is 11.2 Å². The molecule has 1 aliphatic heterocycles. The van der Waals surface area contributed by atoms with E-state index in [1.54, 1.807) is 6.20 Å². The van der Waals surface area contributed by atoms with Gasteiger partial charge in [0.15, 0.2) is 5.78 Å². The molecule has 2 fully saturated rings. The second kappa shape index (κ2) is 4.50. The molecule has 1 aliphatic carbocycles. The Bertz CT molecular complexity index is 446. The quantitative estimate of drug-likeness (QED) is 0.826. The molecule has 4 heteroatoms. The standard InChI is InChI=1S/C14H21N3O/c1-2-9-17-12(3-6-16-17)13(18)11-10-14(11)4-7-15-8-5-14/h3,6,11,15H,2,4-5,7-10H2,1H3. The summed E-state index contributed by atoms with van der Waals surface area (Å²) in [6.07, 6.45) is 6.17. The van der Waals surface area contributed by atoms with Crippen molar-refractivity contribution in [2.45, 2.75) is 39.2 Å². The number of carbonyl (C=O) groups excluding carboxylic acids is 1. The number of Topliss-reactive ketones (excluding diaryl/α,β-unsaturated/α-hetero) is 1. The number of nitrogens with zero attached hydrogens (tertiary/aromatic N) is 2. The van der Waals surface area contributed by atoms with Crippen LogP contribution in [-0.4, -0.2) is 28.7 Å². The van der Waals surface area contributed by atoms with Crippen LogP contribution >= 0.6 is 0 Å². The maximum absolute atomic E-state index is 12.6. The predicted octanol–water partition coefficient (Wildman–Crippen LogP) is 1.87. The SMILES string of the molecule is CCCn1nccc1C(=O)C1CC12CCNCC2. The lowest BCUT2D eigenvalue weighted by Gasteiger charge is -2.23. The Morgan fingerprint density at radius 1 is 1.56 bits per heavy atom. The van der Waals surface area contributed by atoms with Gasteiger partial charge in [-0.1, -0.05) is 6.92 Å². The zero-order chi connectivity index (χ0) is 12.6. The molecule has 0 radical (unpaired) electrons. The molecule has 0 aromatic carbocycles. The Hall–Kier alpha value is -1.16. The number of aryl methyl sites for hydroxylation is 1. The number of nitrogens with one attached hydrogen (secondary N) is 1. The molecule has 1 spiro atoms. The number of piperidine rings is 1. The second-order valence-corrected chi connectivity index (χ2v) is 5.67. The van der Waals surface area contributed by atoms with Gasteiger partial charge in [-0.25, -0.2) is 0 Å². The van der Waals surface area contributed by atoms with Gasteiger partial charge < -0.3 is 5.32 Å². The molecular formula is C14H21N3O. The van der Waals surface area contributed by atoms with Gasteiger partial charge in [-0.15, -0.1) is 0 Å². The summed E-state index contributed by atoms with van der Waals surface area (Å²) in [7, 11) is 0. The molecule has 0 amide bonds. The molecule has 18 heavy (non-hydrogen) atoms. The van der Waals surface area contributed by atoms with Crippen molar-refractivity contribution in [2.75, 3.05) is 13.1 Å². The lowest BCUT2D eigenvalue weighted by Crippen LogP contribution is -2.31. The van der Waals surface area contributed by atoms with Gasteiger partial charge in [-0.2, -0.15) is 5.10 Å². The second-order valence-electron chi connectivity index (χ2n) is 5.67. The number of aromatic nitrogens is 2. The van der Waals surface area contributed by atoms with Gasteiger partial charge >= 0.3 is 0 Å². The van der Waals surface area contributed by atoms with Gasteiger partial charge in [-0.05, 0) is 50.3 Å². The Kier molecular flexibility index (Phi) is 2.98. The number of hydrogen-bond acceptors (Lipinski definition) is 3. The van der Waals surface area contributed by atoms with Crippen LogP contribution in [0.4, 0.5) is 0 Å². The van der Waals surface area contributed by atoms with Gasteiger partial charge in [0, 0.05) is 18.7 Å². The highest BCUT2D eigenvalue weighted by Gasteiger charge is 2.57. The van der Waals surface area contributed by atoms with E-state index in [1.165, 1.54) is 0 Å². The van der Waals surface area contributed by atoms with Crippen molar-refractivity contribution in [3.8, 4) is 0 Å². The minimum absolute atomic E-state index is 0.256. The zero-order valence-electron chi connectivity index (χ0n) is 11.0. The summed E-state index contributed by atoms with van der Waals surface area (Å²) in [6.45, 7) is 5.09. The minimum atomic E-state index is 0.256. The van der Waals surface area contributed by atoms with Crippen LogP contribution in [-0.2, 0) is 6.54 Å². The summed E-state index contributed by atoms with van der Waals surface area (Å²) in [4.78, 5) is 12.6. The molecule has 1 atom stereocenters. The highest BCUT2D eigenvalue weighted by molar-refractivity contribution is 5.98. The fourth-order valence-corrected chi connectivity index (χ4v) is 3.31. The molecule has 2 aliphatic rings. The monoisotopic (exact) mass is 247 g/mol. The van der Waals surface area contributed by atoms with Crippen molar-refractivity contribution in [2.24, 2.45) is 11.3 Å². The van der Waals surface area contributed by atoms with Gasteiger partial charge in [0.05, 0.1) is 0 Å². The third kappa shape index (κ3) is 1.88.